The Bertz CT molecular complexity index is 411. The number of likely N-dealkylation sites (N-methyl/N-ethyl adjacent to an activating group) is 2. The van der Waals surface area contributed by atoms with E-state index in [2.05, 4.69) is 23.8 Å². The molecule has 1 aromatic rings. The van der Waals surface area contributed by atoms with Crippen molar-refractivity contribution in [1.29, 1.82) is 0 Å². The number of anilines is 1. The molecule has 100 valence electrons. The van der Waals surface area contributed by atoms with Crippen LogP contribution in [-0.2, 0) is 0 Å². The molecule has 2 unspecified atom stereocenters. The second kappa shape index (κ2) is 4.86. The molecule has 1 heterocycles. The number of nitrogens with zero attached hydrogens (tertiary/aromatic N) is 2. The Hall–Kier alpha value is -1.13. The monoisotopic (exact) mass is 251 g/mol. The average molecular weight is 251 g/mol. The summed E-state index contributed by atoms with van der Waals surface area (Å²) in [6.45, 7) is 3.70. The van der Waals surface area contributed by atoms with Crippen molar-refractivity contribution in [3.63, 3.8) is 0 Å². The number of likely N-dealkylation sites (tertiary alicyclic amines) is 1. The minimum absolute atomic E-state index is 0.0953. The molecule has 0 bridgehead atoms. The maximum absolute atomic E-state index is 13.3. The Labute approximate surface area is 108 Å². The molecule has 2 rings (SSSR count). The molecule has 0 spiro atoms. The molecule has 0 aliphatic carbocycles. The second-order valence-electron chi connectivity index (χ2n) is 5.44. The fourth-order valence-electron chi connectivity index (χ4n) is 2.88. The molecule has 4 heteroatoms. The minimum atomic E-state index is -0.203. The van der Waals surface area contributed by atoms with E-state index >= 15 is 0 Å². The van der Waals surface area contributed by atoms with E-state index in [0.29, 0.717) is 12.6 Å². The van der Waals surface area contributed by atoms with Gasteiger partial charge in [-0.3, -0.25) is 0 Å². The van der Waals surface area contributed by atoms with Crippen molar-refractivity contribution in [2.45, 2.75) is 24.9 Å². The smallest absolute Gasteiger partial charge is 0.125 e. The fraction of sp³-hybridized carbons (Fsp3) is 0.571. The van der Waals surface area contributed by atoms with E-state index in [4.69, 9.17) is 5.73 Å². The van der Waals surface area contributed by atoms with Crippen molar-refractivity contribution in [2.24, 2.45) is 5.73 Å². The van der Waals surface area contributed by atoms with Crippen LogP contribution in [0.2, 0.25) is 0 Å². The molecule has 18 heavy (non-hydrogen) atoms. The van der Waals surface area contributed by atoms with Crippen LogP contribution in [0.3, 0.4) is 0 Å². The van der Waals surface area contributed by atoms with E-state index in [1.54, 1.807) is 12.1 Å². The van der Waals surface area contributed by atoms with Crippen LogP contribution < -0.4 is 10.6 Å². The lowest BCUT2D eigenvalue weighted by Crippen LogP contribution is -2.54. The topological polar surface area (TPSA) is 32.5 Å². The Balaban J connectivity index is 2.28. The minimum Gasteiger partial charge on any atom is -0.366 e. The van der Waals surface area contributed by atoms with Crippen molar-refractivity contribution in [2.75, 3.05) is 32.1 Å². The van der Waals surface area contributed by atoms with Gasteiger partial charge in [0.25, 0.3) is 0 Å². The molecule has 1 saturated heterocycles. The summed E-state index contributed by atoms with van der Waals surface area (Å²) in [4.78, 5) is 4.44. The summed E-state index contributed by atoms with van der Waals surface area (Å²) in [5.41, 5.74) is 6.80. The van der Waals surface area contributed by atoms with Crippen molar-refractivity contribution in [1.82, 2.24) is 4.90 Å². The van der Waals surface area contributed by atoms with Gasteiger partial charge < -0.3 is 15.5 Å². The van der Waals surface area contributed by atoms with Gasteiger partial charge in [-0.1, -0.05) is 6.07 Å². The highest BCUT2D eigenvalue weighted by Crippen LogP contribution is 2.33. The number of rotatable bonds is 3. The number of benzene rings is 1. The zero-order valence-corrected chi connectivity index (χ0v) is 11.4. The van der Waals surface area contributed by atoms with Gasteiger partial charge in [-0.05, 0) is 38.6 Å². The summed E-state index contributed by atoms with van der Waals surface area (Å²) in [7, 11) is 4.12. The molecular formula is C14H22FN3. The molecule has 1 aliphatic heterocycles. The lowest BCUT2D eigenvalue weighted by Gasteiger charge is -2.39. The van der Waals surface area contributed by atoms with Gasteiger partial charge in [0.05, 0.1) is 5.54 Å². The first-order valence-electron chi connectivity index (χ1n) is 6.38. The number of hydrogen-bond acceptors (Lipinski definition) is 3. The first-order chi connectivity index (χ1) is 8.48. The van der Waals surface area contributed by atoms with Crippen LogP contribution in [0, 0.1) is 5.82 Å². The summed E-state index contributed by atoms with van der Waals surface area (Å²) in [6, 6.07) is 7.22. The van der Waals surface area contributed by atoms with E-state index in [-0.39, 0.29) is 11.4 Å². The first kappa shape index (κ1) is 13.3. The highest BCUT2D eigenvalue weighted by Gasteiger charge is 2.42. The second-order valence-corrected chi connectivity index (χ2v) is 5.44. The Morgan fingerprint density at radius 2 is 2.28 bits per heavy atom. The summed E-state index contributed by atoms with van der Waals surface area (Å²) >= 11 is 0. The standard InChI is InChI=1S/C14H22FN3/c1-11-8-14(9-16,10-17(11)2)18(3)13-6-4-5-12(15)7-13/h4-7,11H,8-10,16H2,1-3H3. The van der Waals surface area contributed by atoms with Crippen molar-refractivity contribution in [3.8, 4) is 0 Å². The van der Waals surface area contributed by atoms with Crippen LogP contribution in [-0.4, -0.2) is 43.7 Å². The summed E-state index contributed by atoms with van der Waals surface area (Å²) in [6.07, 6.45) is 1.01. The third-order valence-corrected chi connectivity index (χ3v) is 4.26. The van der Waals surface area contributed by atoms with Crippen molar-refractivity contribution in [3.05, 3.63) is 30.1 Å². The SMILES string of the molecule is CC1CC(CN)(N(C)c2cccc(F)c2)CN1C. The Morgan fingerprint density at radius 1 is 1.56 bits per heavy atom. The number of halogens is 1. The van der Waals surface area contributed by atoms with E-state index in [0.717, 1.165) is 18.7 Å². The predicted octanol–water partition coefficient (Wildman–Crippen LogP) is 1.68. The third-order valence-electron chi connectivity index (χ3n) is 4.26. The number of nitrogens with two attached hydrogens (primary N) is 1. The van der Waals surface area contributed by atoms with Gasteiger partial charge in [-0.25, -0.2) is 4.39 Å². The first-order valence-corrected chi connectivity index (χ1v) is 6.38. The van der Waals surface area contributed by atoms with Gasteiger partial charge >= 0.3 is 0 Å². The molecular weight excluding hydrogens is 229 g/mol. The van der Waals surface area contributed by atoms with E-state index < -0.39 is 0 Å². The predicted molar refractivity (Wildman–Crippen MR) is 73.3 cm³/mol. The molecule has 1 aliphatic rings. The number of hydrogen-bond donors (Lipinski definition) is 1. The Kier molecular flexibility index (Phi) is 3.59. The zero-order chi connectivity index (χ0) is 13.3. The van der Waals surface area contributed by atoms with E-state index in [9.17, 15) is 4.39 Å². The van der Waals surface area contributed by atoms with Crippen LogP contribution in [0.1, 0.15) is 13.3 Å². The van der Waals surface area contributed by atoms with Crippen LogP contribution in [0.25, 0.3) is 0 Å². The molecule has 3 nitrogen and oxygen atoms in total. The van der Waals surface area contributed by atoms with Crippen molar-refractivity contribution >= 4 is 5.69 Å². The quantitative estimate of drug-likeness (QED) is 0.887. The van der Waals surface area contributed by atoms with Crippen LogP contribution >= 0.6 is 0 Å². The molecule has 0 saturated carbocycles. The molecule has 0 aromatic heterocycles. The molecule has 0 radical (unpaired) electrons. The van der Waals surface area contributed by atoms with E-state index in [1.807, 2.05) is 13.1 Å². The average Bonchev–Trinajstić information content (AvgIpc) is 2.65. The molecule has 2 N–H and O–H groups in total. The van der Waals surface area contributed by atoms with Crippen LogP contribution in [0.4, 0.5) is 10.1 Å². The third kappa shape index (κ3) is 2.22. The lowest BCUT2D eigenvalue weighted by molar-refractivity contribution is 0.318. The van der Waals surface area contributed by atoms with Gasteiger partial charge in [0.15, 0.2) is 0 Å². The lowest BCUT2D eigenvalue weighted by atomic mass is 9.94. The van der Waals surface area contributed by atoms with Crippen molar-refractivity contribution < 1.29 is 4.39 Å². The van der Waals surface area contributed by atoms with Gasteiger partial charge in [-0.2, -0.15) is 0 Å². The fourth-order valence-corrected chi connectivity index (χ4v) is 2.88. The van der Waals surface area contributed by atoms with Gasteiger partial charge in [0.1, 0.15) is 5.82 Å². The van der Waals surface area contributed by atoms with Gasteiger partial charge in [0.2, 0.25) is 0 Å². The zero-order valence-electron chi connectivity index (χ0n) is 11.4. The Morgan fingerprint density at radius 3 is 2.78 bits per heavy atom. The molecule has 2 atom stereocenters. The largest absolute Gasteiger partial charge is 0.366 e. The van der Waals surface area contributed by atoms with E-state index in [1.165, 1.54) is 6.07 Å². The molecule has 0 amide bonds. The summed E-state index contributed by atoms with van der Waals surface area (Å²) in [5, 5.41) is 0. The maximum Gasteiger partial charge on any atom is 0.125 e. The summed E-state index contributed by atoms with van der Waals surface area (Å²) in [5.74, 6) is -0.203. The molecule has 1 fully saturated rings. The summed E-state index contributed by atoms with van der Waals surface area (Å²) < 4.78 is 13.3. The van der Waals surface area contributed by atoms with Gasteiger partial charge in [0, 0.05) is 31.9 Å². The normalized spacial score (nSPS) is 28.6. The molecule has 1 aromatic carbocycles. The van der Waals surface area contributed by atoms with Gasteiger partial charge in [-0.15, -0.1) is 0 Å². The highest BCUT2D eigenvalue weighted by atomic mass is 19.1. The van der Waals surface area contributed by atoms with Crippen LogP contribution in [0.5, 0.6) is 0 Å². The van der Waals surface area contributed by atoms with Crippen LogP contribution in [0.15, 0.2) is 24.3 Å². The highest BCUT2D eigenvalue weighted by molar-refractivity contribution is 5.49. The maximum atomic E-state index is 13.3.